The highest BCUT2D eigenvalue weighted by Crippen LogP contribution is 2.33. The number of hydrogen-bond donors (Lipinski definition) is 1. The van der Waals surface area contributed by atoms with Gasteiger partial charge < -0.3 is 19.3 Å². The van der Waals surface area contributed by atoms with Gasteiger partial charge in [-0.1, -0.05) is 13.8 Å². The molecule has 0 unspecified atom stereocenters. The zero-order chi connectivity index (χ0) is 23.6. The molecule has 1 aliphatic rings. The molecule has 170 valence electrons. The zero-order valence-electron chi connectivity index (χ0n) is 19.4. The Morgan fingerprint density at radius 3 is 2.44 bits per heavy atom. The summed E-state index contributed by atoms with van der Waals surface area (Å²) < 4.78 is 17.3. The second-order valence-corrected chi connectivity index (χ2v) is 9.05. The first kappa shape index (κ1) is 23.4. The molecule has 0 saturated heterocycles. The number of hydrogen-bond acceptors (Lipinski definition) is 5. The highest BCUT2D eigenvalue weighted by Gasteiger charge is 2.30. The van der Waals surface area contributed by atoms with Gasteiger partial charge >= 0.3 is 5.97 Å². The normalized spacial score (nSPS) is 14.8. The Bertz CT molecular complexity index is 1050. The molecule has 1 N–H and O–H groups in total. The number of rotatable bonds is 7. The SMILES string of the molecule is Cc1cc(/C=C2\COc3cc(OCC(C)C)ccc3C2=O)cc(C)c1OC(C)(C)C(=O)O. The van der Waals surface area contributed by atoms with Gasteiger partial charge in [0.25, 0.3) is 0 Å². The molecule has 1 aliphatic heterocycles. The minimum atomic E-state index is -1.34. The summed E-state index contributed by atoms with van der Waals surface area (Å²) in [6.07, 6.45) is 1.81. The van der Waals surface area contributed by atoms with E-state index >= 15 is 0 Å². The van der Waals surface area contributed by atoms with Crippen LogP contribution in [0.15, 0.2) is 35.9 Å². The number of carbonyl (C=O) groups excluding carboxylic acids is 1. The number of ether oxygens (including phenoxy) is 3. The average molecular weight is 439 g/mol. The third kappa shape index (κ3) is 5.13. The van der Waals surface area contributed by atoms with Crippen molar-refractivity contribution in [2.24, 2.45) is 5.92 Å². The molecule has 0 spiro atoms. The quantitative estimate of drug-likeness (QED) is 0.596. The van der Waals surface area contributed by atoms with E-state index in [-0.39, 0.29) is 12.4 Å². The standard InChI is InChI=1S/C26H30O6/c1-15(2)13-30-20-7-8-21-22(12-20)31-14-19(23(21)27)11-18-9-16(3)24(17(4)10-18)32-26(5,6)25(28)29/h7-12,15H,13-14H2,1-6H3,(H,28,29)/b19-11+. The molecule has 0 radical (unpaired) electrons. The van der Waals surface area contributed by atoms with Gasteiger partial charge in [-0.2, -0.15) is 0 Å². The maximum absolute atomic E-state index is 13.0. The summed E-state index contributed by atoms with van der Waals surface area (Å²) in [5.41, 5.74) is 2.13. The van der Waals surface area contributed by atoms with Crippen molar-refractivity contribution in [3.05, 3.63) is 58.2 Å². The molecule has 32 heavy (non-hydrogen) atoms. The van der Waals surface area contributed by atoms with Crippen LogP contribution in [-0.4, -0.2) is 35.7 Å². The Hall–Kier alpha value is -3.28. The molecule has 0 fully saturated rings. The fourth-order valence-electron chi connectivity index (χ4n) is 3.39. The van der Waals surface area contributed by atoms with E-state index in [9.17, 15) is 14.7 Å². The first-order chi connectivity index (χ1) is 15.0. The van der Waals surface area contributed by atoms with Crippen LogP contribution in [0, 0.1) is 19.8 Å². The number of fused-ring (bicyclic) bond motifs is 1. The molecule has 0 aromatic heterocycles. The van der Waals surface area contributed by atoms with E-state index in [2.05, 4.69) is 13.8 Å². The average Bonchev–Trinajstić information content (AvgIpc) is 2.71. The molecule has 2 aromatic carbocycles. The van der Waals surface area contributed by atoms with E-state index in [1.54, 1.807) is 24.3 Å². The van der Waals surface area contributed by atoms with Crippen LogP contribution in [0.4, 0.5) is 0 Å². The molecule has 0 atom stereocenters. The van der Waals surface area contributed by atoms with Crippen LogP contribution >= 0.6 is 0 Å². The fourth-order valence-corrected chi connectivity index (χ4v) is 3.39. The second-order valence-electron chi connectivity index (χ2n) is 9.05. The molecular weight excluding hydrogens is 408 g/mol. The van der Waals surface area contributed by atoms with Gasteiger partial charge in [-0.05, 0) is 80.6 Å². The van der Waals surface area contributed by atoms with Crippen molar-refractivity contribution in [2.75, 3.05) is 13.2 Å². The topological polar surface area (TPSA) is 82.1 Å². The summed E-state index contributed by atoms with van der Waals surface area (Å²) in [5.74, 6) is 1.03. The minimum absolute atomic E-state index is 0.0793. The number of benzene rings is 2. The van der Waals surface area contributed by atoms with E-state index in [1.807, 2.05) is 26.0 Å². The summed E-state index contributed by atoms with van der Waals surface area (Å²) in [7, 11) is 0. The van der Waals surface area contributed by atoms with Crippen LogP contribution in [-0.2, 0) is 4.79 Å². The molecule has 0 saturated carbocycles. The number of carboxylic acids is 1. The van der Waals surface area contributed by atoms with Crippen molar-refractivity contribution in [1.82, 2.24) is 0 Å². The third-order valence-electron chi connectivity index (χ3n) is 5.15. The van der Waals surface area contributed by atoms with Crippen LogP contribution in [0.1, 0.15) is 54.7 Å². The van der Waals surface area contributed by atoms with Gasteiger partial charge in [-0.25, -0.2) is 4.79 Å². The first-order valence-electron chi connectivity index (χ1n) is 10.7. The predicted octanol–water partition coefficient (Wildman–Crippen LogP) is 5.24. The summed E-state index contributed by atoms with van der Waals surface area (Å²) in [4.78, 5) is 24.4. The molecule has 6 heteroatoms. The van der Waals surface area contributed by atoms with Gasteiger partial charge in [0.15, 0.2) is 11.4 Å². The number of carboxylic acid groups (broad SMARTS) is 1. The molecule has 0 bridgehead atoms. The van der Waals surface area contributed by atoms with Crippen molar-refractivity contribution in [2.45, 2.75) is 47.1 Å². The summed E-state index contributed by atoms with van der Waals surface area (Å²) in [6, 6.07) is 9.03. The Balaban J connectivity index is 1.84. The lowest BCUT2D eigenvalue weighted by atomic mass is 9.96. The van der Waals surface area contributed by atoms with E-state index in [1.165, 1.54) is 13.8 Å². The third-order valence-corrected chi connectivity index (χ3v) is 5.15. The van der Waals surface area contributed by atoms with E-state index in [4.69, 9.17) is 14.2 Å². The Kier molecular flexibility index (Phi) is 6.63. The highest BCUT2D eigenvalue weighted by atomic mass is 16.5. The molecule has 6 nitrogen and oxygen atoms in total. The Morgan fingerprint density at radius 1 is 1.19 bits per heavy atom. The van der Waals surface area contributed by atoms with Crippen molar-refractivity contribution < 1.29 is 28.9 Å². The van der Waals surface area contributed by atoms with Crippen molar-refractivity contribution in [3.63, 3.8) is 0 Å². The van der Waals surface area contributed by atoms with E-state index in [0.717, 1.165) is 16.7 Å². The molecular formula is C26H30O6. The van der Waals surface area contributed by atoms with Gasteiger partial charge in [-0.15, -0.1) is 0 Å². The van der Waals surface area contributed by atoms with E-state index in [0.29, 0.717) is 40.9 Å². The monoisotopic (exact) mass is 438 g/mol. The van der Waals surface area contributed by atoms with Gasteiger partial charge in [0, 0.05) is 11.6 Å². The van der Waals surface area contributed by atoms with Gasteiger partial charge in [0.05, 0.1) is 12.2 Å². The highest BCUT2D eigenvalue weighted by molar-refractivity contribution is 6.14. The lowest BCUT2D eigenvalue weighted by molar-refractivity contribution is -0.152. The van der Waals surface area contributed by atoms with Crippen LogP contribution in [0.2, 0.25) is 0 Å². The minimum Gasteiger partial charge on any atom is -0.493 e. The Morgan fingerprint density at radius 2 is 1.84 bits per heavy atom. The van der Waals surface area contributed by atoms with Crippen molar-refractivity contribution in [1.29, 1.82) is 0 Å². The smallest absolute Gasteiger partial charge is 0.347 e. The van der Waals surface area contributed by atoms with Crippen LogP contribution in [0.5, 0.6) is 17.2 Å². The van der Waals surface area contributed by atoms with Gasteiger partial charge in [0.1, 0.15) is 23.9 Å². The van der Waals surface area contributed by atoms with Gasteiger partial charge in [0.2, 0.25) is 0 Å². The molecule has 0 aliphatic carbocycles. The largest absolute Gasteiger partial charge is 0.493 e. The van der Waals surface area contributed by atoms with Crippen LogP contribution in [0.25, 0.3) is 6.08 Å². The molecule has 3 rings (SSSR count). The number of aliphatic carboxylic acids is 1. The maximum Gasteiger partial charge on any atom is 0.347 e. The number of Topliss-reactive ketones (excluding diaryl/α,β-unsaturated/α-hetero) is 1. The van der Waals surface area contributed by atoms with Crippen molar-refractivity contribution >= 4 is 17.8 Å². The summed E-state index contributed by atoms with van der Waals surface area (Å²) in [6.45, 7) is 11.7. The molecule has 2 aromatic rings. The number of ketones is 1. The lowest BCUT2D eigenvalue weighted by Gasteiger charge is -2.24. The number of carbonyl (C=O) groups is 2. The second kappa shape index (κ2) is 9.07. The first-order valence-corrected chi connectivity index (χ1v) is 10.7. The van der Waals surface area contributed by atoms with E-state index < -0.39 is 11.6 Å². The van der Waals surface area contributed by atoms with Crippen LogP contribution < -0.4 is 14.2 Å². The molecule has 1 heterocycles. The summed E-state index contributed by atoms with van der Waals surface area (Å²) in [5, 5.41) is 9.34. The summed E-state index contributed by atoms with van der Waals surface area (Å²) >= 11 is 0. The predicted molar refractivity (Wildman–Crippen MR) is 123 cm³/mol. The zero-order valence-corrected chi connectivity index (χ0v) is 19.4. The molecule has 0 amide bonds. The van der Waals surface area contributed by atoms with Gasteiger partial charge in [-0.3, -0.25) is 4.79 Å². The van der Waals surface area contributed by atoms with Crippen LogP contribution in [0.3, 0.4) is 0 Å². The van der Waals surface area contributed by atoms with Crippen molar-refractivity contribution in [3.8, 4) is 17.2 Å². The number of aryl methyl sites for hydroxylation is 2. The lowest BCUT2D eigenvalue weighted by Crippen LogP contribution is -2.38. The maximum atomic E-state index is 13.0. The Labute approximate surface area is 188 Å². The fraction of sp³-hybridized carbons (Fsp3) is 0.385.